The Kier molecular flexibility index (Phi) is 5.45. The minimum Gasteiger partial charge on any atom is -0.306 e. The first-order valence-corrected chi connectivity index (χ1v) is 8.19. The van der Waals surface area contributed by atoms with Gasteiger partial charge in [-0.15, -0.1) is 20.4 Å². The lowest BCUT2D eigenvalue weighted by molar-refractivity contribution is 1.04. The van der Waals surface area contributed by atoms with Gasteiger partial charge in [0.15, 0.2) is 21.3 Å². The summed E-state index contributed by atoms with van der Waals surface area (Å²) in [6.45, 7) is 0. The molecule has 0 aliphatic heterocycles. The van der Waals surface area contributed by atoms with E-state index in [4.69, 9.17) is 40.6 Å². The van der Waals surface area contributed by atoms with E-state index in [9.17, 15) is 0 Å². The van der Waals surface area contributed by atoms with Gasteiger partial charge >= 0.3 is 0 Å². The quantitative estimate of drug-likeness (QED) is 0.365. The molecule has 0 bridgehead atoms. The van der Waals surface area contributed by atoms with Crippen LogP contribution in [0.1, 0.15) is 0 Å². The van der Waals surface area contributed by atoms with Gasteiger partial charge in [-0.25, -0.2) is 5.84 Å². The third kappa shape index (κ3) is 3.72. The highest BCUT2D eigenvalue weighted by Gasteiger charge is 2.05. The fourth-order valence-electron chi connectivity index (χ4n) is 2.22. The van der Waals surface area contributed by atoms with Crippen LogP contribution in [0.5, 0.6) is 0 Å². The lowest BCUT2D eigenvalue weighted by Gasteiger charge is -2.03. The fraction of sp³-hybridized carbons (Fsp3) is 0. The number of nitrogens with zero attached hydrogens (tertiary/aromatic N) is 4. The number of fused-ring (bicyclic) bond motifs is 2. The number of nitrogens with one attached hydrogen (secondary N) is 1. The molecule has 2 aromatic carbocycles. The van der Waals surface area contributed by atoms with Crippen molar-refractivity contribution in [2.45, 2.75) is 0 Å². The van der Waals surface area contributed by atoms with E-state index in [1.165, 1.54) is 0 Å². The molecule has 0 aliphatic rings. The van der Waals surface area contributed by atoms with Crippen molar-refractivity contribution in [2.75, 3.05) is 5.43 Å². The number of nitrogen functional groups attached to an aromatic ring is 1. The van der Waals surface area contributed by atoms with Crippen LogP contribution < -0.4 is 11.3 Å². The molecular formula is C16H11Cl3N6. The Labute approximate surface area is 157 Å². The molecule has 0 spiro atoms. The Balaban J connectivity index is 0.000000146. The molecule has 3 N–H and O–H groups in total. The van der Waals surface area contributed by atoms with E-state index in [-0.39, 0.29) is 0 Å². The van der Waals surface area contributed by atoms with Crippen LogP contribution in [0.4, 0.5) is 5.82 Å². The van der Waals surface area contributed by atoms with E-state index >= 15 is 0 Å². The van der Waals surface area contributed by atoms with E-state index in [0.717, 1.165) is 21.5 Å². The van der Waals surface area contributed by atoms with Gasteiger partial charge in [-0.3, -0.25) is 0 Å². The Hall–Kier alpha value is -2.25. The van der Waals surface area contributed by atoms with E-state index < -0.39 is 0 Å². The molecule has 0 radical (unpaired) electrons. The average Bonchev–Trinajstić information content (AvgIpc) is 2.66. The van der Waals surface area contributed by atoms with Crippen molar-refractivity contribution in [3.8, 4) is 0 Å². The van der Waals surface area contributed by atoms with Crippen molar-refractivity contribution in [1.29, 1.82) is 0 Å². The molecule has 0 amide bonds. The molecule has 2 aromatic heterocycles. The van der Waals surface area contributed by atoms with Crippen LogP contribution in [0.25, 0.3) is 21.5 Å². The molecule has 4 rings (SSSR count). The number of rotatable bonds is 1. The van der Waals surface area contributed by atoms with Crippen LogP contribution in [0, 0.1) is 0 Å². The summed E-state index contributed by atoms with van der Waals surface area (Å²) in [5.74, 6) is 5.80. The number of halogens is 3. The molecule has 2 heterocycles. The Morgan fingerprint density at radius 1 is 0.600 bits per heavy atom. The molecule has 0 atom stereocenters. The predicted octanol–water partition coefficient (Wildman–Crippen LogP) is 4.51. The SMILES string of the molecule is Clc1nnc(Cl)c2ccccc12.NNc1nnc(Cl)c2ccccc12. The number of hydrazine groups is 1. The van der Waals surface area contributed by atoms with Crippen molar-refractivity contribution in [2.24, 2.45) is 5.84 Å². The number of aromatic nitrogens is 4. The Morgan fingerprint density at radius 2 is 0.960 bits per heavy atom. The second-order valence-corrected chi connectivity index (χ2v) is 5.93. The number of hydrogen-bond donors (Lipinski definition) is 2. The van der Waals surface area contributed by atoms with Crippen molar-refractivity contribution in [3.05, 3.63) is 64.0 Å². The zero-order valence-electron chi connectivity index (χ0n) is 12.6. The van der Waals surface area contributed by atoms with Crippen molar-refractivity contribution < 1.29 is 0 Å². The van der Waals surface area contributed by atoms with Gasteiger partial charge in [0.05, 0.1) is 0 Å². The molecule has 0 saturated carbocycles. The summed E-state index contributed by atoms with van der Waals surface area (Å²) in [5.41, 5.74) is 2.46. The van der Waals surface area contributed by atoms with Gasteiger partial charge in [-0.2, -0.15) is 0 Å². The molecule has 25 heavy (non-hydrogen) atoms. The lowest BCUT2D eigenvalue weighted by Crippen LogP contribution is -2.09. The topological polar surface area (TPSA) is 89.6 Å². The number of hydrogen-bond acceptors (Lipinski definition) is 6. The van der Waals surface area contributed by atoms with Crippen LogP contribution in [-0.2, 0) is 0 Å². The van der Waals surface area contributed by atoms with Gasteiger partial charge in [0.2, 0.25) is 0 Å². The van der Waals surface area contributed by atoms with Gasteiger partial charge < -0.3 is 5.43 Å². The van der Waals surface area contributed by atoms with Crippen LogP contribution >= 0.6 is 34.8 Å². The molecule has 0 fully saturated rings. The largest absolute Gasteiger partial charge is 0.306 e. The molecule has 9 heteroatoms. The first kappa shape index (κ1) is 17.6. The number of nitrogens with two attached hydrogens (primary N) is 1. The van der Waals surface area contributed by atoms with E-state index in [1.807, 2.05) is 48.5 Å². The zero-order valence-corrected chi connectivity index (χ0v) is 14.9. The monoisotopic (exact) mass is 392 g/mol. The van der Waals surface area contributed by atoms with Crippen molar-refractivity contribution in [1.82, 2.24) is 20.4 Å². The third-order valence-corrected chi connectivity index (χ3v) is 4.21. The highest BCUT2D eigenvalue weighted by atomic mass is 35.5. The molecule has 0 aliphatic carbocycles. The maximum Gasteiger partial charge on any atom is 0.170 e. The highest BCUT2D eigenvalue weighted by molar-refractivity contribution is 6.38. The summed E-state index contributed by atoms with van der Waals surface area (Å²) < 4.78 is 0. The maximum absolute atomic E-state index is 5.84. The lowest BCUT2D eigenvalue weighted by atomic mass is 10.2. The zero-order chi connectivity index (χ0) is 17.8. The predicted molar refractivity (Wildman–Crippen MR) is 102 cm³/mol. The summed E-state index contributed by atoms with van der Waals surface area (Å²) in [7, 11) is 0. The third-order valence-electron chi connectivity index (χ3n) is 3.38. The molecule has 6 nitrogen and oxygen atoms in total. The Morgan fingerprint density at radius 3 is 1.40 bits per heavy atom. The molecular weight excluding hydrogens is 383 g/mol. The van der Waals surface area contributed by atoms with Crippen molar-refractivity contribution in [3.63, 3.8) is 0 Å². The first-order valence-electron chi connectivity index (χ1n) is 7.05. The molecule has 0 saturated heterocycles. The normalized spacial score (nSPS) is 10.4. The van der Waals surface area contributed by atoms with Crippen molar-refractivity contribution >= 4 is 62.2 Å². The van der Waals surface area contributed by atoms with E-state index in [0.29, 0.717) is 21.3 Å². The van der Waals surface area contributed by atoms with Gasteiger partial charge in [0.1, 0.15) is 0 Å². The summed E-state index contributed by atoms with van der Waals surface area (Å²) in [5, 5.41) is 19.5. The summed E-state index contributed by atoms with van der Waals surface area (Å²) >= 11 is 17.4. The minimum atomic E-state index is 0.384. The number of benzene rings is 2. The summed E-state index contributed by atoms with van der Waals surface area (Å²) in [6, 6.07) is 15.0. The first-order chi connectivity index (χ1) is 12.1. The number of anilines is 1. The summed E-state index contributed by atoms with van der Waals surface area (Å²) in [6.07, 6.45) is 0. The van der Waals surface area contributed by atoms with E-state index in [1.54, 1.807) is 0 Å². The molecule has 0 unspecified atom stereocenters. The second-order valence-electron chi connectivity index (χ2n) is 4.86. The maximum atomic E-state index is 5.84. The highest BCUT2D eigenvalue weighted by Crippen LogP contribution is 2.25. The van der Waals surface area contributed by atoms with Gasteiger partial charge in [-0.1, -0.05) is 83.3 Å². The molecule has 126 valence electrons. The van der Waals surface area contributed by atoms with Crippen LogP contribution in [-0.4, -0.2) is 20.4 Å². The Bertz CT molecular complexity index is 1000. The van der Waals surface area contributed by atoms with Gasteiger partial charge in [-0.05, 0) is 0 Å². The van der Waals surface area contributed by atoms with Gasteiger partial charge in [0, 0.05) is 21.5 Å². The van der Waals surface area contributed by atoms with Gasteiger partial charge in [0.25, 0.3) is 0 Å². The summed E-state index contributed by atoms with van der Waals surface area (Å²) in [4.78, 5) is 0. The van der Waals surface area contributed by atoms with Crippen LogP contribution in [0.15, 0.2) is 48.5 Å². The molecule has 4 aromatic rings. The minimum absolute atomic E-state index is 0.384. The van der Waals surface area contributed by atoms with E-state index in [2.05, 4.69) is 25.8 Å². The average molecular weight is 394 g/mol. The van der Waals surface area contributed by atoms with Crippen LogP contribution in [0.3, 0.4) is 0 Å². The second kappa shape index (κ2) is 7.76. The smallest absolute Gasteiger partial charge is 0.170 e. The standard InChI is InChI=1S/C8H4Cl2N2.C8H7ClN4/c9-7-5-3-1-2-4-6(5)8(10)12-11-7;9-7-5-3-1-2-4-6(5)8(11-10)13-12-7/h1-4H;1-4H,10H2,(H,11,13). The fourth-order valence-corrected chi connectivity index (χ4v) is 2.82. The van der Waals surface area contributed by atoms with Crippen LogP contribution in [0.2, 0.25) is 15.5 Å².